The molecule has 11 nitrogen and oxygen atoms in total. The van der Waals surface area contributed by atoms with Crippen LogP contribution in [-0.4, -0.2) is 61.0 Å². The molecule has 15 heteroatoms. The molecule has 1 aromatic heterocycles. The molecule has 1 heterocycles. The Hall–Kier alpha value is -4.62. The van der Waals surface area contributed by atoms with E-state index in [-0.39, 0.29) is 30.4 Å². The highest BCUT2D eigenvalue weighted by atomic mass is 35.6. The van der Waals surface area contributed by atoms with Crippen molar-refractivity contribution in [3.05, 3.63) is 114 Å². The van der Waals surface area contributed by atoms with Gasteiger partial charge in [-0.05, 0) is 41.1 Å². The number of amides is 2. The molecule has 0 saturated carbocycles. The van der Waals surface area contributed by atoms with Crippen LogP contribution in [0.1, 0.15) is 24.0 Å². The van der Waals surface area contributed by atoms with Gasteiger partial charge in [-0.3, -0.25) is 19.4 Å². The number of rotatable bonds is 14. The molecule has 0 radical (unpaired) electrons. The van der Waals surface area contributed by atoms with E-state index in [4.69, 9.17) is 39.5 Å². The summed E-state index contributed by atoms with van der Waals surface area (Å²) in [5.41, 5.74) is 2.55. The van der Waals surface area contributed by atoms with E-state index in [0.717, 1.165) is 28.3 Å². The molecular formula is C35H32Cl3N5O6S. The molecule has 0 saturated heterocycles. The third kappa shape index (κ3) is 12.7. The van der Waals surface area contributed by atoms with E-state index in [9.17, 15) is 24.3 Å². The van der Waals surface area contributed by atoms with Crippen LogP contribution >= 0.6 is 46.6 Å². The molecule has 50 heavy (non-hydrogen) atoms. The summed E-state index contributed by atoms with van der Waals surface area (Å²) >= 11 is 19.7. The molecule has 4 rings (SSSR count). The molecule has 1 unspecified atom stereocenters. The number of amidine groups is 1. The predicted octanol–water partition coefficient (Wildman–Crippen LogP) is 6.16. The van der Waals surface area contributed by atoms with Gasteiger partial charge in [0.1, 0.15) is 18.1 Å². The van der Waals surface area contributed by atoms with Crippen molar-refractivity contribution in [1.82, 2.24) is 20.9 Å². The first-order valence-corrected chi connectivity index (χ1v) is 17.2. The van der Waals surface area contributed by atoms with Gasteiger partial charge in [0.25, 0.3) is 0 Å². The molecule has 0 fully saturated rings. The highest BCUT2D eigenvalue weighted by molar-refractivity contribution is 8.13. The quantitative estimate of drug-likeness (QED) is 0.0295. The van der Waals surface area contributed by atoms with Crippen LogP contribution in [0, 0.1) is 0 Å². The smallest absolute Gasteiger partial charge is 0.326 e. The maximum atomic E-state index is 12.8. The van der Waals surface area contributed by atoms with Gasteiger partial charge < -0.3 is 25.8 Å². The third-order valence-electron chi connectivity index (χ3n) is 6.83. The fourth-order valence-electron chi connectivity index (χ4n) is 4.40. The highest BCUT2D eigenvalue weighted by Crippen LogP contribution is 2.30. The number of alkyl halides is 3. The summed E-state index contributed by atoms with van der Waals surface area (Å²) in [6, 6.07) is 25.9. The Morgan fingerprint density at radius 3 is 2.28 bits per heavy atom. The summed E-state index contributed by atoms with van der Waals surface area (Å²) in [5, 5.41) is 18.5. The van der Waals surface area contributed by atoms with Crippen LogP contribution < -0.4 is 16.0 Å². The number of ether oxygens (including phenoxy) is 1. The van der Waals surface area contributed by atoms with Gasteiger partial charge in [-0.2, -0.15) is 0 Å². The minimum Gasteiger partial charge on any atom is -0.480 e. The normalized spacial score (nSPS) is 13.0. The molecule has 0 aliphatic heterocycles. The number of aromatic nitrogens is 1. The lowest BCUT2D eigenvalue weighted by Gasteiger charge is -2.27. The zero-order chi connectivity index (χ0) is 35.9. The van der Waals surface area contributed by atoms with Crippen molar-refractivity contribution >= 4 is 98.2 Å². The third-order valence-corrected chi connectivity index (χ3v) is 8.20. The summed E-state index contributed by atoms with van der Waals surface area (Å²) in [6.07, 6.45) is 2.70. The monoisotopic (exact) mass is 755 g/mol. The molecular weight excluding hydrogens is 725 g/mol. The molecule has 0 aliphatic carbocycles. The van der Waals surface area contributed by atoms with Crippen molar-refractivity contribution in [3.8, 4) is 0 Å². The van der Waals surface area contributed by atoms with E-state index >= 15 is 0 Å². The zero-order valence-electron chi connectivity index (χ0n) is 26.3. The SMILES string of the molecule is O=C(/C=C/c1ccccc1)NC(N/C(=N\c1cccc2cccnc12)SCOC(=O)CCC(=O)N[C@@H](Cc1ccccc1)C(=O)O)C(Cl)(Cl)Cl. The Kier molecular flexibility index (Phi) is 14.5. The number of esters is 1. The van der Waals surface area contributed by atoms with Crippen LogP contribution in [0.5, 0.6) is 0 Å². The van der Waals surface area contributed by atoms with Crippen LogP contribution in [0.3, 0.4) is 0 Å². The molecule has 0 bridgehead atoms. The van der Waals surface area contributed by atoms with Crippen molar-refractivity contribution < 1.29 is 29.0 Å². The molecule has 3 aromatic carbocycles. The second-order valence-electron chi connectivity index (χ2n) is 10.6. The number of hydrogen-bond acceptors (Lipinski definition) is 8. The van der Waals surface area contributed by atoms with E-state index in [0.29, 0.717) is 11.2 Å². The van der Waals surface area contributed by atoms with E-state index in [1.165, 1.54) is 6.08 Å². The number of para-hydroxylation sites is 1. The average molecular weight is 757 g/mol. The van der Waals surface area contributed by atoms with Crippen molar-refractivity contribution in [1.29, 1.82) is 0 Å². The number of carbonyl (C=O) groups is 4. The number of thioether (sulfide) groups is 1. The minimum absolute atomic E-state index is 0.0866. The van der Waals surface area contributed by atoms with Crippen LogP contribution in [0.15, 0.2) is 108 Å². The number of carboxylic acids is 1. The average Bonchev–Trinajstić information content (AvgIpc) is 3.10. The van der Waals surface area contributed by atoms with Gasteiger partial charge >= 0.3 is 11.9 Å². The maximum Gasteiger partial charge on any atom is 0.326 e. The van der Waals surface area contributed by atoms with Gasteiger partial charge in [-0.1, -0.05) is 114 Å². The topological polar surface area (TPSA) is 159 Å². The minimum atomic E-state index is -2.05. The lowest BCUT2D eigenvalue weighted by atomic mass is 10.1. The van der Waals surface area contributed by atoms with Crippen molar-refractivity contribution in [2.45, 2.75) is 35.3 Å². The lowest BCUT2D eigenvalue weighted by molar-refractivity contribution is -0.143. The Balaban J connectivity index is 1.41. The number of aliphatic imine (C=N–C) groups is 1. The van der Waals surface area contributed by atoms with Gasteiger partial charge in [-0.25, -0.2) is 9.79 Å². The fraction of sp³-hybridized carbons (Fsp3) is 0.200. The maximum absolute atomic E-state index is 12.8. The molecule has 0 spiro atoms. The Labute approximate surface area is 307 Å². The Morgan fingerprint density at radius 1 is 0.880 bits per heavy atom. The zero-order valence-corrected chi connectivity index (χ0v) is 29.4. The first-order valence-electron chi connectivity index (χ1n) is 15.1. The molecule has 2 atom stereocenters. The molecule has 4 aromatic rings. The number of nitrogens with one attached hydrogen (secondary N) is 3. The van der Waals surface area contributed by atoms with Crippen LogP contribution in [-0.2, 0) is 30.3 Å². The number of nitrogens with zero attached hydrogens (tertiary/aromatic N) is 2. The van der Waals surface area contributed by atoms with Gasteiger partial charge in [0.05, 0.1) is 17.6 Å². The second-order valence-corrected chi connectivity index (χ2v) is 13.8. The number of pyridine rings is 1. The summed E-state index contributed by atoms with van der Waals surface area (Å²) in [7, 11) is 0. The standard InChI is InChI=1S/C35H32Cl3N5O6S/c36-35(37,38)33(42-29(45)17-16-23-9-3-1-4-10-23)43-34(41-26-15-7-13-25-14-8-20-39-31(25)26)50-22-49-30(46)19-18-28(44)40-27(32(47)48)21-24-11-5-2-6-12-24/h1-17,20,27,33H,18-19,21-22H2,(H,40,44)(H,41,43)(H,42,45)(H,47,48)/b17-16+/t27-,33?/m0/s1. The van der Waals surface area contributed by atoms with Crippen LogP contribution in [0.25, 0.3) is 17.0 Å². The van der Waals surface area contributed by atoms with Gasteiger partial charge in [0.2, 0.25) is 15.6 Å². The molecule has 260 valence electrons. The molecule has 4 N–H and O–H groups in total. The van der Waals surface area contributed by atoms with Gasteiger partial charge in [0.15, 0.2) is 5.17 Å². The summed E-state index contributed by atoms with van der Waals surface area (Å²) in [6.45, 7) is 0. The number of halogens is 3. The first kappa shape index (κ1) is 38.2. The van der Waals surface area contributed by atoms with Crippen LogP contribution in [0.2, 0.25) is 0 Å². The number of fused-ring (bicyclic) bond motifs is 1. The largest absolute Gasteiger partial charge is 0.480 e. The van der Waals surface area contributed by atoms with E-state index < -0.39 is 39.8 Å². The highest BCUT2D eigenvalue weighted by Gasteiger charge is 2.35. The van der Waals surface area contributed by atoms with Gasteiger partial charge in [0, 0.05) is 30.5 Å². The van der Waals surface area contributed by atoms with E-state index in [2.05, 4.69) is 25.9 Å². The predicted molar refractivity (Wildman–Crippen MR) is 197 cm³/mol. The number of hydrogen-bond donors (Lipinski definition) is 4. The second kappa shape index (κ2) is 19.0. The lowest BCUT2D eigenvalue weighted by Crippen LogP contribution is -2.54. The number of carboxylic acid groups (broad SMARTS) is 1. The van der Waals surface area contributed by atoms with Crippen molar-refractivity contribution in [2.24, 2.45) is 4.99 Å². The van der Waals surface area contributed by atoms with Gasteiger partial charge in [-0.15, -0.1) is 0 Å². The van der Waals surface area contributed by atoms with E-state index in [1.807, 2.05) is 42.5 Å². The van der Waals surface area contributed by atoms with Crippen molar-refractivity contribution in [2.75, 3.05) is 5.94 Å². The summed E-state index contributed by atoms with van der Waals surface area (Å²) in [4.78, 5) is 58.6. The van der Waals surface area contributed by atoms with E-state index in [1.54, 1.807) is 60.8 Å². The molecule has 0 aliphatic rings. The first-order chi connectivity index (χ1) is 24.0. The Bertz CT molecular complexity index is 1840. The molecule has 2 amide bonds. The summed E-state index contributed by atoms with van der Waals surface area (Å²) < 4.78 is 3.28. The van der Waals surface area contributed by atoms with Crippen molar-refractivity contribution in [3.63, 3.8) is 0 Å². The number of carbonyl (C=O) groups excluding carboxylic acids is 3. The number of aliphatic carboxylic acids is 1. The van der Waals surface area contributed by atoms with Crippen LogP contribution in [0.4, 0.5) is 5.69 Å². The summed E-state index contributed by atoms with van der Waals surface area (Å²) in [5.74, 6) is -3.37. The Morgan fingerprint density at radius 2 is 1.58 bits per heavy atom. The fourth-order valence-corrected chi connectivity index (χ4v) is 5.39. The number of benzene rings is 3.